The van der Waals surface area contributed by atoms with Gasteiger partial charge in [0.15, 0.2) is 5.69 Å². The largest absolute Gasteiger partial charge is 0.398 e. The Labute approximate surface area is 110 Å². The number of nitrogens with one attached hydrogen (secondary N) is 1. The molecular weight excluding hydrogens is 242 g/mol. The second-order valence-corrected chi connectivity index (χ2v) is 4.72. The Balaban J connectivity index is 1.82. The molecule has 1 amide bonds. The Morgan fingerprint density at radius 1 is 1.42 bits per heavy atom. The van der Waals surface area contributed by atoms with Crippen LogP contribution in [0.1, 0.15) is 28.9 Å². The highest BCUT2D eigenvalue weighted by Gasteiger charge is 2.34. The van der Waals surface area contributed by atoms with Gasteiger partial charge in [0.1, 0.15) is 0 Å². The van der Waals surface area contributed by atoms with E-state index in [4.69, 9.17) is 5.73 Å². The number of para-hydroxylation sites is 1. The second-order valence-electron chi connectivity index (χ2n) is 4.72. The molecular formula is C13H15N5O. The number of nitrogens with two attached hydrogens (primary N) is 1. The zero-order chi connectivity index (χ0) is 13.2. The van der Waals surface area contributed by atoms with Gasteiger partial charge < -0.3 is 10.6 Å². The predicted octanol–water partition coefficient (Wildman–Crippen LogP) is 1.19. The maximum atomic E-state index is 12.4. The minimum Gasteiger partial charge on any atom is -0.398 e. The fourth-order valence-corrected chi connectivity index (χ4v) is 2.07. The highest BCUT2D eigenvalue weighted by Crippen LogP contribution is 2.30. The fourth-order valence-electron chi connectivity index (χ4n) is 2.07. The Morgan fingerprint density at radius 3 is 2.84 bits per heavy atom. The zero-order valence-electron chi connectivity index (χ0n) is 10.4. The third-order valence-corrected chi connectivity index (χ3v) is 3.28. The van der Waals surface area contributed by atoms with Crippen LogP contribution in [0.15, 0.2) is 30.5 Å². The van der Waals surface area contributed by atoms with E-state index in [0.29, 0.717) is 24.0 Å². The van der Waals surface area contributed by atoms with Gasteiger partial charge in [-0.3, -0.25) is 4.79 Å². The molecule has 0 bridgehead atoms. The Morgan fingerprint density at radius 2 is 2.21 bits per heavy atom. The van der Waals surface area contributed by atoms with Gasteiger partial charge in [0, 0.05) is 18.3 Å². The van der Waals surface area contributed by atoms with Gasteiger partial charge in [-0.25, -0.2) is 0 Å². The third kappa shape index (κ3) is 2.42. The summed E-state index contributed by atoms with van der Waals surface area (Å²) in [5, 5.41) is 10.0. The van der Waals surface area contributed by atoms with Crippen molar-refractivity contribution in [2.45, 2.75) is 25.4 Å². The second kappa shape index (κ2) is 4.72. The van der Waals surface area contributed by atoms with Gasteiger partial charge in [0.25, 0.3) is 5.91 Å². The molecule has 6 heteroatoms. The lowest BCUT2D eigenvalue weighted by Gasteiger charge is -2.22. The van der Waals surface area contributed by atoms with Crippen LogP contribution >= 0.6 is 0 Å². The van der Waals surface area contributed by atoms with Crippen LogP contribution in [0.2, 0.25) is 0 Å². The minimum absolute atomic E-state index is 0.0977. The number of nitrogens with zero attached hydrogens (tertiary/aromatic N) is 3. The molecule has 3 rings (SSSR count). The molecule has 6 nitrogen and oxygen atoms in total. The lowest BCUT2D eigenvalue weighted by Crippen LogP contribution is -2.33. The Bertz CT molecular complexity index is 576. The standard InChI is InChI=1S/C13H15N5O/c14-11-4-2-1-3-9(11)8-18(10-5-6-10)13(19)12-7-15-17-16-12/h1-4,7,10H,5-6,8,14H2,(H,15,16,17). The summed E-state index contributed by atoms with van der Waals surface area (Å²) in [5.74, 6) is -0.0977. The maximum Gasteiger partial charge on any atom is 0.276 e. The SMILES string of the molecule is Nc1ccccc1CN(C(=O)c1cn[nH]n1)C1CC1. The fraction of sp³-hybridized carbons (Fsp3) is 0.308. The van der Waals surface area contributed by atoms with Crippen molar-refractivity contribution < 1.29 is 4.79 Å². The number of H-pyrrole nitrogens is 1. The number of carbonyl (C=O) groups excluding carboxylic acids is 1. The molecule has 0 atom stereocenters. The molecule has 1 aromatic heterocycles. The molecule has 1 aromatic carbocycles. The summed E-state index contributed by atoms with van der Waals surface area (Å²) in [6.07, 6.45) is 3.53. The summed E-state index contributed by atoms with van der Waals surface area (Å²) in [6, 6.07) is 7.91. The molecule has 98 valence electrons. The number of nitrogen functional groups attached to an aromatic ring is 1. The van der Waals surface area contributed by atoms with Crippen LogP contribution in [0.5, 0.6) is 0 Å². The molecule has 2 aromatic rings. The predicted molar refractivity (Wildman–Crippen MR) is 70.1 cm³/mol. The molecule has 0 spiro atoms. The van der Waals surface area contributed by atoms with Crippen LogP contribution in [-0.2, 0) is 6.54 Å². The lowest BCUT2D eigenvalue weighted by molar-refractivity contribution is 0.0724. The smallest absolute Gasteiger partial charge is 0.276 e. The summed E-state index contributed by atoms with van der Waals surface area (Å²) in [6.45, 7) is 0.517. The molecule has 19 heavy (non-hydrogen) atoms. The van der Waals surface area contributed by atoms with Crippen molar-refractivity contribution in [2.24, 2.45) is 0 Å². The van der Waals surface area contributed by atoms with Crippen LogP contribution in [0.4, 0.5) is 5.69 Å². The summed E-state index contributed by atoms with van der Waals surface area (Å²) in [4.78, 5) is 14.2. The van der Waals surface area contributed by atoms with Crippen LogP contribution in [0, 0.1) is 0 Å². The molecule has 3 N–H and O–H groups in total. The van der Waals surface area contributed by atoms with E-state index in [2.05, 4.69) is 15.4 Å². The van der Waals surface area contributed by atoms with E-state index >= 15 is 0 Å². The van der Waals surface area contributed by atoms with Crippen molar-refractivity contribution in [3.05, 3.63) is 41.7 Å². The maximum absolute atomic E-state index is 12.4. The van der Waals surface area contributed by atoms with Crippen LogP contribution in [0.3, 0.4) is 0 Å². The van der Waals surface area contributed by atoms with E-state index in [9.17, 15) is 4.79 Å². The van der Waals surface area contributed by atoms with Gasteiger partial charge in [0.2, 0.25) is 0 Å². The van der Waals surface area contributed by atoms with E-state index in [1.54, 1.807) is 0 Å². The number of hydrogen-bond acceptors (Lipinski definition) is 4. The number of rotatable bonds is 4. The molecule has 0 radical (unpaired) electrons. The molecule has 1 fully saturated rings. The summed E-state index contributed by atoms with van der Waals surface area (Å²) < 4.78 is 0. The van der Waals surface area contributed by atoms with Gasteiger partial charge in [0.05, 0.1) is 6.20 Å². The number of amides is 1. The monoisotopic (exact) mass is 257 g/mol. The van der Waals surface area contributed by atoms with Crippen molar-refractivity contribution in [2.75, 3.05) is 5.73 Å². The summed E-state index contributed by atoms with van der Waals surface area (Å²) in [5.41, 5.74) is 7.96. The number of aromatic amines is 1. The van der Waals surface area contributed by atoms with Crippen molar-refractivity contribution >= 4 is 11.6 Å². The van der Waals surface area contributed by atoms with Crippen LogP contribution < -0.4 is 5.73 Å². The molecule has 0 saturated heterocycles. The van der Waals surface area contributed by atoms with E-state index in [1.807, 2.05) is 29.2 Å². The van der Waals surface area contributed by atoms with E-state index in [0.717, 1.165) is 18.4 Å². The average Bonchev–Trinajstić information content (AvgIpc) is 3.11. The average molecular weight is 257 g/mol. The zero-order valence-corrected chi connectivity index (χ0v) is 10.4. The highest BCUT2D eigenvalue weighted by molar-refractivity contribution is 5.92. The van der Waals surface area contributed by atoms with Crippen molar-refractivity contribution in [1.82, 2.24) is 20.3 Å². The molecule has 1 aliphatic carbocycles. The third-order valence-electron chi connectivity index (χ3n) is 3.28. The summed E-state index contributed by atoms with van der Waals surface area (Å²) in [7, 11) is 0. The first-order valence-electron chi connectivity index (χ1n) is 6.26. The molecule has 1 saturated carbocycles. The van der Waals surface area contributed by atoms with Gasteiger partial charge >= 0.3 is 0 Å². The van der Waals surface area contributed by atoms with Crippen molar-refractivity contribution in [1.29, 1.82) is 0 Å². The Kier molecular flexibility index (Phi) is 2.91. The van der Waals surface area contributed by atoms with Crippen molar-refractivity contribution in [3.8, 4) is 0 Å². The highest BCUT2D eigenvalue weighted by atomic mass is 16.2. The number of carbonyl (C=O) groups is 1. The molecule has 1 aliphatic rings. The van der Waals surface area contributed by atoms with Gasteiger partial charge in [-0.2, -0.15) is 15.4 Å². The van der Waals surface area contributed by atoms with Crippen LogP contribution in [0.25, 0.3) is 0 Å². The Hall–Kier alpha value is -2.37. The lowest BCUT2D eigenvalue weighted by atomic mass is 10.1. The molecule has 1 heterocycles. The van der Waals surface area contributed by atoms with Gasteiger partial charge in [-0.15, -0.1) is 0 Å². The van der Waals surface area contributed by atoms with E-state index in [-0.39, 0.29) is 5.91 Å². The van der Waals surface area contributed by atoms with Gasteiger partial charge in [-0.1, -0.05) is 18.2 Å². The normalized spacial score (nSPS) is 14.3. The van der Waals surface area contributed by atoms with E-state index in [1.165, 1.54) is 6.20 Å². The number of hydrogen-bond donors (Lipinski definition) is 2. The molecule has 0 aliphatic heterocycles. The molecule has 0 unspecified atom stereocenters. The number of aromatic nitrogens is 3. The topological polar surface area (TPSA) is 87.9 Å². The first kappa shape index (κ1) is 11.7. The quantitative estimate of drug-likeness (QED) is 0.805. The first-order valence-corrected chi connectivity index (χ1v) is 6.26. The number of benzene rings is 1. The van der Waals surface area contributed by atoms with Crippen molar-refractivity contribution in [3.63, 3.8) is 0 Å². The van der Waals surface area contributed by atoms with Crippen LogP contribution in [-0.4, -0.2) is 32.3 Å². The van der Waals surface area contributed by atoms with Gasteiger partial charge in [-0.05, 0) is 24.5 Å². The number of anilines is 1. The first-order chi connectivity index (χ1) is 9.25. The minimum atomic E-state index is -0.0977. The summed E-state index contributed by atoms with van der Waals surface area (Å²) >= 11 is 0. The van der Waals surface area contributed by atoms with E-state index < -0.39 is 0 Å².